The molecule has 1 rings (SSSR count). The van der Waals surface area contributed by atoms with E-state index < -0.39 is 0 Å². The van der Waals surface area contributed by atoms with Gasteiger partial charge in [-0.1, -0.05) is 13.8 Å². The van der Waals surface area contributed by atoms with E-state index in [1.165, 1.54) is 0 Å². The third-order valence-corrected chi connectivity index (χ3v) is 3.16. The average molecular weight is 279 g/mol. The SMILES string of the molecule is CCN(CC)CCOc1ccnc(CNC(C)(C)C)c1. The average Bonchev–Trinajstić information content (AvgIpc) is 2.41. The summed E-state index contributed by atoms with van der Waals surface area (Å²) < 4.78 is 5.80. The standard InChI is InChI=1S/C16H29N3O/c1-6-19(7-2)10-11-20-15-8-9-17-14(12-15)13-18-16(3,4)5/h8-9,12,18H,6-7,10-11,13H2,1-5H3. The first-order valence-corrected chi connectivity index (χ1v) is 7.49. The zero-order valence-corrected chi connectivity index (χ0v) is 13.6. The second kappa shape index (κ2) is 8.22. The van der Waals surface area contributed by atoms with Crippen LogP contribution in [0.25, 0.3) is 0 Å². The molecule has 0 fully saturated rings. The van der Waals surface area contributed by atoms with Crippen LogP contribution in [0.3, 0.4) is 0 Å². The van der Waals surface area contributed by atoms with E-state index in [9.17, 15) is 0 Å². The van der Waals surface area contributed by atoms with Crippen molar-refractivity contribution >= 4 is 0 Å². The van der Waals surface area contributed by atoms with Gasteiger partial charge in [0.1, 0.15) is 12.4 Å². The summed E-state index contributed by atoms with van der Waals surface area (Å²) >= 11 is 0. The summed E-state index contributed by atoms with van der Waals surface area (Å²) in [5.74, 6) is 0.901. The molecule has 0 atom stereocenters. The molecule has 0 spiro atoms. The highest BCUT2D eigenvalue weighted by Crippen LogP contribution is 2.12. The molecule has 0 bridgehead atoms. The molecule has 0 amide bonds. The highest BCUT2D eigenvalue weighted by Gasteiger charge is 2.09. The smallest absolute Gasteiger partial charge is 0.122 e. The van der Waals surface area contributed by atoms with Crippen molar-refractivity contribution in [3.05, 3.63) is 24.0 Å². The minimum Gasteiger partial charge on any atom is -0.492 e. The summed E-state index contributed by atoms with van der Waals surface area (Å²) in [4.78, 5) is 6.72. The van der Waals surface area contributed by atoms with E-state index in [0.29, 0.717) is 0 Å². The van der Waals surface area contributed by atoms with Crippen molar-refractivity contribution in [2.45, 2.75) is 46.7 Å². The summed E-state index contributed by atoms with van der Waals surface area (Å²) in [7, 11) is 0. The van der Waals surface area contributed by atoms with E-state index in [1.807, 2.05) is 18.3 Å². The van der Waals surface area contributed by atoms with Crippen LogP contribution in [-0.4, -0.2) is 41.7 Å². The van der Waals surface area contributed by atoms with Gasteiger partial charge in [0.2, 0.25) is 0 Å². The Morgan fingerprint density at radius 1 is 1.25 bits per heavy atom. The second-order valence-electron chi connectivity index (χ2n) is 5.96. The molecular weight excluding hydrogens is 250 g/mol. The number of hydrogen-bond donors (Lipinski definition) is 1. The fourth-order valence-electron chi connectivity index (χ4n) is 1.83. The zero-order chi connectivity index (χ0) is 15.0. The van der Waals surface area contributed by atoms with Crippen LogP contribution in [0.4, 0.5) is 0 Å². The Morgan fingerprint density at radius 3 is 2.55 bits per heavy atom. The Balaban J connectivity index is 2.43. The Labute approximate surface area is 123 Å². The van der Waals surface area contributed by atoms with Gasteiger partial charge in [0.15, 0.2) is 0 Å². The molecule has 4 nitrogen and oxygen atoms in total. The predicted octanol–water partition coefficient (Wildman–Crippen LogP) is 2.69. The van der Waals surface area contributed by atoms with Gasteiger partial charge in [0.25, 0.3) is 0 Å². The van der Waals surface area contributed by atoms with Gasteiger partial charge in [-0.25, -0.2) is 0 Å². The first-order chi connectivity index (χ1) is 9.44. The van der Waals surface area contributed by atoms with Gasteiger partial charge in [0, 0.05) is 30.9 Å². The molecule has 1 N–H and O–H groups in total. The van der Waals surface area contributed by atoms with Gasteiger partial charge in [-0.2, -0.15) is 0 Å². The van der Waals surface area contributed by atoms with E-state index in [0.717, 1.165) is 44.2 Å². The van der Waals surface area contributed by atoms with E-state index in [-0.39, 0.29) is 5.54 Å². The van der Waals surface area contributed by atoms with Crippen molar-refractivity contribution in [2.24, 2.45) is 0 Å². The number of nitrogens with one attached hydrogen (secondary N) is 1. The highest BCUT2D eigenvalue weighted by molar-refractivity contribution is 5.22. The number of aromatic nitrogens is 1. The van der Waals surface area contributed by atoms with Gasteiger partial charge in [0.05, 0.1) is 5.69 Å². The van der Waals surface area contributed by atoms with Crippen molar-refractivity contribution in [3.63, 3.8) is 0 Å². The minimum absolute atomic E-state index is 0.0985. The van der Waals surface area contributed by atoms with Crippen LogP contribution in [0.2, 0.25) is 0 Å². The van der Waals surface area contributed by atoms with Crippen molar-refractivity contribution in [2.75, 3.05) is 26.2 Å². The Kier molecular flexibility index (Phi) is 6.96. The first-order valence-electron chi connectivity index (χ1n) is 7.49. The largest absolute Gasteiger partial charge is 0.492 e. The number of rotatable bonds is 8. The van der Waals surface area contributed by atoms with E-state index in [1.54, 1.807) is 0 Å². The molecule has 0 aliphatic rings. The molecule has 0 aliphatic carbocycles. The van der Waals surface area contributed by atoms with Crippen LogP contribution in [0.15, 0.2) is 18.3 Å². The lowest BCUT2D eigenvalue weighted by atomic mass is 10.1. The summed E-state index contributed by atoms with van der Waals surface area (Å²) in [5, 5.41) is 3.43. The predicted molar refractivity (Wildman–Crippen MR) is 84.1 cm³/mol. The van der Waals surface area contributed by atoms with Gasteiger partial charge >= 0.3 is 0 Å². The van der Waals surface area contributed by atoms with Gasteiger partial charge < -0.3 is 15.0 Å². The molecular formula is C16H29N3O. The molecule has 0 saturated carbocycles. The van der Waals surface area contributed by atoms with Crippen LogP contribution in [0, 0.1) is 0 Å². The number of ether oxygens (including phenoxy) is 1. The molecule has 1 aromatic rings. The molecule has 0 saturated heterocycles. The van der Waals surface area contributed by atoms with Crippen LogP contribution in [0.5, 0.6) is 5.75 Å². The normalized spacial score (nSPS) is 11.9. The van der Waals surface area contributed by atoms with Crippen molar-refractivity contribution in [1.82, 2.24) is 15.2 Å². The third-order valence-electron chi connectivity index (χ3n) is 3.16. The number of hydrogen-bond acceptors (Lipinski definition) is 4. The Morgan fingerprint density at radius 2 is 1.95 bits per heavy atom. The number of likely N-dealkylation sites (N-methyl/N-ethyl adjacent to an activating group) is 1. The highest BCUT2D eigenvalue weighted by atomic mass is 16.5. The number of pyridine rings is 1. The summed E-state index contributed by atoms with van der Waals surface area (Å²) in [6.45, 7) is 15.4. The van der Waals surface area contributed by atoms with Crippen LogP contribution < -0.4 is 10.1 Å². The molecule has 0 aromatic carbocycles. The fraction of sp³-hybridized carbons (Fsp3) is 0.688. The topological polar surface area (TPSA) is 37.4 Å². The van der Waals surface area contributed by atoms with E-state index in [2.05, 4.69) is 49.8 Å². The Bertz CT molecular complexity index is 384. The quantitative estimate of drug-likeness (QED) is 0.794. The molecule has 114 valence electrons. The van der Waals surface area contributed by atoms with Crippen LogP contribution >= 0.6 is 0 Å². The molecule has 20 heavy (non-hydrogen) atoms. The van der Waals surface area contributed by atoms with Crippen molar-refractivity contribution in [1.29, 1.82) is 0 Å². The zero-order valence-electron chi connectivity index (χ0n) is 13.6. The first kappa shape index (κ1) is 16.9. The molecule has 1 heterocycles. The van der Waals surface area contributed by atoms with Gasteiger partial charge in [-0.15, -0.1) is 0 Å². The second-order valence-corrected chi connectivity index (χ2v) is 5.96. The fourth-order valence-corrected chi connectivity index (χ4v) is 1.83. The molecule has 0 aliphatic heterocycles. The monoisotopic (exact) mass is 279 g/mol. The Hall–Kier alpha value is -1.13. The van der Waals surface area contributed by atoms with E-state index in [4.69, 9.17) is 4.74 Å². The maximum absolute atomic E-state index is 5.80. The summed E-state index contributed by atoms with van der Waals surface area (Å²) in [5.41, 5.74) is 1.11. The third kappa shape index (κ3) is 6.87. The number of nitrogens with zero attached hydrogens (tertiary/aromatic N) is 2. The van der Waals surface area contributed by atoms with Gasteiger partial charge in [-0.3, -0.25) is 4.98 Å². The summed E-state index contributed by atoms with van der Waals surface area (Å²) in [6, 6.07) is 3.93. The molecule has 0 unspecified atom stereocenters. The van der Waals surface area contributed by atoms with Crippen LogP contribution in [0.1, 0.15) is 40.3 Å². The molecule has 0 radical (unpaired) electrons. The maximum Gasteiger partial charge on any atom is 0.122 e. The van der Waals surface area contributed by atoms with Gasteiger partial charge in [-0.05, 0) is 39.9 Å². The summed E-state index contributed by atoms with van der Waals surface area (Å²) in [6.07, 6.45) is 1.81. The minimum atomic E-state index is 0.0985. The lowest BCUT2D eigenvalue weighted by molar-refractivity contribution is 0.222. The van der Waals surface area contributed by atoms with Crippen molar-refractivity contribution in [3.8, 4) is 5.75 Å². The van der Waals surface area contributed by atoms with E-state index >= 15 is 0 Å². The molecule has 1 aromatic heterocycles. The molecule has 4 heteroatoms. The lowest BCUT2D eigenvalue weighted by Crippen LogP contribution is -2.35. The van der Waals surface area contributed by atoms with Crippen LogP contribution in [-0.2, 0) is 6.54 Å². The van der Waals surface area contributed by atoms with Crippen molar-refractivity contribution < 1.29 is 4.74 Å². The maximum atomic E-state index is 5.80. The lowest BCUT2D eigenvalue weighted by Gasteiger charge is -2.20.